The van der Waals surface area contributed by atoms with Gasteiger partial charge in [0, 0.05) is 0 Å². The lowest BCUT2D eigenvalue weighted by Crippen LogP contribution is -2.17. The van der Waals surface area contributed by atoms with Crippen molar-refractivity contribution in [1.29, 1.82) is 0 Å². The highest BCUT2D eigenvalue weighted by molar-refractivity contribution is 8.00. The molecule has 12 nitrogen and oxygen atoms in total. The standard InChI is InChI=1S/C35H30N6O6S2/c1-18-3-7-26-28(11-18)40-34(38-26)48-16-30(42)36-24-9-5-20(14-22(24)32(44)45)13-21-6-10-25(23(15-21)33(46)47)37-31(43)17-49-35-39-27-8-4-19(2)12-29(27)41-35/h3-12,14-15H,13,16-17H2,1-2H3,(H,36,42)(H,37,43)(H,38,40)(H,39,41)(H,44,45)(H,46,47). The van der Waals surface area contributed by atoms with E-state index in [2.05, 4.69) is 30.6 Å². The SMILES string of the molecule is Cc1ccc2nc(SCC(=O)Nc3ccc(Cc4ccc(NC(=O)CSc5nc6ccc(C)cc6[nH]5)c(C(=O)O)c4)cc3C(=O)O)[nH]c2c1. The van der Waals surface area contributed by atoms with Crippen LogP contribution < -0.4 is 10.6 Å². The van der Waals surface area contributed by atoms with Crippen LogP contribution in [0.5, 0.6) is 0 Å². The lowest BCUT2D eigenvalue weighted by molar-refractivity contribution is -0.114. The van der Waals surface area contributed by atoms with E-state index in [1.165, 1.54) is 47.8 Å². The first kappa shape index (κ1) is 33.3. The number of carboxylic acid groups (broad SMARTS) is 2. The van der Waals surface area contributed by atoms with Gasteiger partial charge in [0.25, 0.3) is 0 Å². The molecular formula is C35H30N6O6S2. The summed E-state index contributed by atoms with van der Waals surface area (Å²) in [5.74, 6) is -3.22. The molecule has 248 valence electrons. The third-order valence-electron chi connectivity index (χ3n) is 7.50. The van der Waals surface area contributed by atoms with Gasteiger partial charge in [-0.3, -0.25) is 9.59 Å². The number of benzene rings is 4. The van der Waals surface area contributed by atoms with E-state index in [0.29, 0.717) is 21.4 Å². The molecule has 0 aliphatic rings. The molecule has 0 radical (unpaired) electrons. The van der Waals surface area contributed by atoms with Gasteiger partial charge in [-0.1, -0.05) is 47.8 Å². The minimum atomic E-state index is -1.22. The fraction of sp³-hybridized carbons (Fsp3) is 0.143. The van der Waals surface area contributed by atoms with Gasteiger partial charge in [0.2, 0.25) is 11.8 Å². The van der Waals surface area contributed by atoms with Crippen LogP contribution in [-0.4, -0.2) is 65.4 Å². The molecule has 6 N–H and O–H groups in total. The van der Waals surface area contributed by atoms with Crippen LogP contribution in [0.4, 0.5) is 11.4 Å². The monoisotopic (exact) mass is 694 g/mol. The lowest BCUT2D eigenvalue weighted by Gasteiger charge is -2.12. The second-order valence-electron chi connectivity index (χ2n) is 11.3. The maximum absolute atomic E-state index is 12.7. The first-order chi connectivity index (χ1) is 23.5. The zero-order valence-corrected chi connectivity index (χ0v) is 27.9. The van der Waals surface area contributed by atoms with E-state index < -0.39 is 23.8 Å². The largest absolute Gasteiger partial charge is 0.478 e. The summed E-state index contributed by atoms with van der Waals surface area (Å²) >= 11 is 2.41. The summed E-state index contributed by atoms with van der Waals surface area (Å²) in [6.45, 7) is 3.95. The van der Waals surface area contributed by atoms with Crippen molar-refractivity contribution in [3.8, 4) is 0 Å². The van der Waals surface area contributed by atoms with E-state index >= 15 is 0 Å². The normalized spacial score (nSPS) is 11.1. The summed E-state index contributed by atoms with van der Waals surface area (Å²) in [7, 11) is 0. The fourth-order valence-electron chi connectivity index (χ4n) is 5.19. The van der Waals surface area contributed by atoms with Gasteiger partial charge in [0.15, 0.2) is 10.3 Å². The van der Waals surface area contributed by atoms with E-state index in [0.717, 1.165) is 33.2 Å². The summed E-state index contributed by atoms with van der Waals surface area (Å²) in [4.78, 5) is 64.9. The molecule has 0 atom stereocenters. The van der Waals surface area contributed by atoms with Crippen molar-refractivity contribution in [2.24, 2.45) is 0 Å². The highest BCUT2D eigenvalue weighted by Crippen LogP contribution is 2.26. The number of carbonyl (C=O) groups excluding carboxylic acids is 2. The summed E-state index contributed by atoms with van der Waals surface area (Å²) < 4.78 is 0. The Morgan fingerprint density at radius 1 is 0.633 bits per heavy atom. The molecule has 0 bridgehead atoms. The lowest BCUT2D eigenvalue weighted by atomic mass is 9.99. The molecule has 14 heteroatoms. The van der Waals surface area contributed by atoms with E-state index in [1.54, 1.807) is 12.1 Å². The number of H-pyrrole nitrogens is 2. The van der Waals surface area contributed by atoms with Gasteiger partial charge in [-0.05, 0) is 91.1 Å². The molecule has 0 saturated carbocycles. The molecule has 6 aromatic rings. The molecule has 0 unspecified atom stereocenters. The number of hydrogen-bond donors (Lipinski definition) is 6. The van der Waals surface area contributed by atoms with Gasteiger partial charge in [-0.2, -0.15) is 0 Å². The Bertz CT molecular complexity index is 2110. The number of carboxylic acids is 2. The first-order valence-corrected chi connectivity index (χ1v) is 17.0. The van der Waals surface area contributed by atoms with Crippen LogP contribution in [0.2, 0.25) is 0 Å². The van der Waals surface area contributed by atoms with Crippen LogP contribution in [0.1, 0.15) is 43.0 Å². The molecule has 49 heavy (non-hydrogen) atoms. The van der Waals surface area contributed by atoms with Crippen LogP contribution in [-0.2, 0) is 16.0 Å². The van der Waals surface area contributed by atoms with Crippen molar-refractivity contribution in [2.75, 3.05) is 22.1 Å². The molecule has 0 aliphatic heterocycles. The molecular weight excluding hydrogens is 665 g/mol. The third-order valence-corrected chi connectivity index (χ3v) is 9.24. The number of aryl methyl sites for hydroxylation is 2. The number of amides is 2. The van der Waals surface area contributed by atoms with E-state index in [1.807, 2.05) is 50.2 Å². The number of anilines is 2. The van der Waals surface area contributed by atoms with E-state index in [4.69, 9.17) is 0 Å². The molecule has 0 spiro atoms. The number of aromatic nitrogens is 4. The molecule has 4 aromatic carbocycles. The van der Waals surface area contributed by atoms with Gasteiger partial charge in [0.05, 0.1) is 56.1 Å². The molecule has 2 aromatic heterocycles. The fourth-order valence-corrected chi connectivity index (χ4v) is 6.56. The van der Waals surface area contributed by atoms with Crippen molar-refractivity contribution in [1.82, 2.24) is 19.9 Å². The zero-order valence-electron chi connectivity index (χ0n) is 26.3. The van der Waals surface area contributed by atoms with E-state index in [-0.39, 0.29) is 40.4 Å². The molecule has 2 heterocycles. The number of carbonyl (C=O) groups is 4. The van der Waals surface area contributed by atoms with Crippen LogP contribution >= 0.6 is 23.5 Å². The summed E-state index contributed by atoms with van der Waals surface area (Å²) in [6.07, 6.45) is 0.214. The van der Waals surface area contributed by atoms with Crippen molar-refractivity contribution >= 4 is 80.7 Å². The summed E-state index contributed by atoms with van der Waals surface area (Å²) in [5.41, 5.74) is 6.73. The Balaban J connectivity index is 1.08. The number of aromatic amines is 2. The summed E-state index contributed by atoms with van der Waals surface area (Å²) in [5, 5.41) is 26.3. The number of hydrogen-bond acceptors (Lipinski definition) is 8. The van der Waals surface area contributed by atoms with E-state index in [9.17, 15) is 29.4 Å². The maximum atomic E-state index is 12.7. The topological polar surface area (TPSA) is 190 Å². The van der Waals surface area contributed by atoms with Gasteiger partial charge in [-0.15, -0.1) is 0 Å². The number of thioether (sulfide) groups is 2. The number of nitrogens with one attached hydrogen (secondary N) is 4. The number of rotatable bonds is 12. The predicted octanol–water partition coefficient (Wildman–Crippen LogP) is 6.50. The number of nitrogens with zero attached hydrogens (tertiary/aromatic N) is 2. The smallest absolute Gasteiger partial charge is 0.337 e. The maximum Gasteiger partial charge on any atom is 0.337 e. The average molecular weight is 695 g/mol. The van der Waals surface area contributed by atoms with Gasteiger partial charge < -0.3 is 30.8 Å². The van der Waals surface area contributed by atoms with Crippen molar-refractivity contribution in [2.45, 2.75) is 30.6 Å². The molecule has 0 saturated heterocycles. The van der Waals surface area contributed by atoms with Crippen LogP contribution in [0, 0.1) is 13.8 Å². The minimum absolute atomic E-state index is 0.0127. The zero-order chi connectivity index (χ0) is 34.7. The Kier molecular flexibility index (Phi) is 9.69. The second kappa shape index (κ2) is 14.3. The van der Waals surface area contributed by atoms with Crippen LogP contribution in [0.15, 0.2) is 83.1 Å². The van der Waals surface area contributed by atoms with Crippen LogP contribution in [0.25, 0.3) is 22.1 Å². The molecule has 0 fully saturated rings. The highest BCUT2D eigenvalue weighted by Gasteiger charge is 2.18. The second-order valence-corrected chi connectivity index (χ2v) is 13.3. The Hall–Kier alpha value is -5.60. The average Bonchev–Trinajstić information content (AvgIpc) is 3.66. The molecule has 2 amide bonds. The van der Waals surface area contributed by atoms with Crippen molar-refractivity contribution < 1.29 is 29.4 Å². The van der Waals surface area contributed by atoms with Crippen molar-refractivity contribution in [3.05, 3.63) is 106 Å². The van der Waals surface area contributed by atoms with Crippen molar-refractivity contribution in [3.63, 3.8) is 0 Å². The first-order valence-electron chi connectivity index (χ1n) is 15.0. The number of fused-ring (bicyclic) bond motifs is 2. The Labute approximate surface area is 288 Å². The van der Waals surface area contributed by atoms with Crippen LogP contribution in [0.3, 0.4) is 0 Å². The minimum Gasteiger partial charge on any atom is -0.478 e. The Morgan fingerprint density at radius 2 is 1.06 bits per heavy atom. The molecule has 0 aliphatic carbocycles. The quantitative estimate of drug-likeness (QED) is 0.0771. The summed E-state index contributed by atoms with van der Waals surface area (Å²) in [6, 6.07) is 20.9. The Morgan fingerprint density at radius 3 is 1.47 bits per heavy atom. The molecule has 6 rings (SSSR count). The highest BCUT2D eigenvalue weighted by atomic mass is 32.2. The van der Waals surface area contributed by atoms with Gasteiger partial charge in [0.1, 0.15) is 0 Å². The van der Waals surface area contributed by atoms with Gasteiger partial charge in [-0.25, -0.2) is 19.6 Å². The predicted molar refractivity (Wildman–Crippen MR) is 190 cm³/mol. The third kappa shape index (κ3) is 8.11. The van der Waals surface area contributed by atoms with Gasteiger partial charge >= 0.3 is 11.9 Å². The number of aromatic carboxylic acids is 2. The number of imidazole rings is 2.